The summed E-state index contributed by atoms with van der Waals surface area (Å²) < 4.78 is 6.83. The van der Waals surface area contributed by atoms with Crippen LogP contribution in [0.4, 0.5) is 5.13 Å². The summed E-state index contributed by atoms with van der Waals surface area (Å²) in [6.07, 6.45) is 7.15. The van der Waals surface area contributed by atoms with E-state index in [-0.39, 0.29) is 35.7 Å². The number of hydrogen-bond acceptors (Lipinski definition) is 7. The van der Waals surface area contributed by atoms with Crippen molar-refractivity contribution in [1.29, 1.82) is 0 Å². The van der Waals surface area contributed by atoms with E-state index in [1.165, 1.54) is 11.3 Å². The molecule has 3 rings (SSSR count). The van der Waals surface area contributed by atoms with Crippen molar-refractivity contribution >= 4 is 46.5 Å². The highest BCUT2D eigenvalue weighted by molar-refractivity contribution is 8.00. The molecule has 0 aliphatic heterocycles. The predicted molar refractivity (Wildman–Crippen MR) is 113 cm³/mol. The van der Waals surface area contributed by atoms with Crippen molar-refractivity contribution in [3.63, 3.8) is 0 Å². The van der Waals surface area contributed by atoms with Crippen LogP contribution in [0, 0.1) is 5.92 Å². The number of thioether (sulfide) groups is 1. The molecule has 1 aliphatic rings. The quantitative estimate of drug-likeness (QED) is 0.673. The van der Waals surface area contributed by atoms with Gasteiger partial charge < -0.3 is 15.5 Å². The van der Waals surface area contributed by atoms with Gasteiger partial charge in [-0.05, 0) is 25.7 Å². The molecule has 2 aromatic rings. The molecule has 3 N–H and O–H groups in total. The average molecular weight is 431 g/mol. The van der Waals surface area contributed by atoms with E-state index in [0.29, 0.717) is 16.8 Å². The number of thiazole rings is 1. The number of aromatic nitrogens is 2. The van der Waals surface area contributed by atoms with Crippen LogP contribution in [-0.2, 0) is 16.0 Å². The topological polar surface area (TPSA) is 94.0 Å². The molecule has 0 aromatic carbocycles. The van der Waals surface area contributed by atoms with Crippen LogP contribution in [0.5, 0.6) is 0 Å². The number of carbonyl (C=O) groups excluding carboxylic acids is 1. The zero-order chi connectivity index (χ0) is 18.7. The Bertz CT molecular complexity index is 749. The molecule has 2 heterocycles. The third-order valence-corrected chi connectivity index (χ3v) is 6.58. The summed E-state index contributed by atoms with van der Waals surface area (Å²) in [6.45, 7) is 6.30. The van der Waals surface area contributed by atoms with Gasteiger partial charge in [0.1, 0.15) is 5.76 Å². The van der Waals surface area contributed by atoms with E-state index in [4.69, 9.17) is 10.2 Å². The molecule has 0 radical (unpaired) electrons. The normalized spacial score (nSPS) is 20.1. The highest BCUT2D eigenvalue weighted by Crippen LogP contribution is 2.32. The lowest BCUT2D eigenvalue weighted by Crippen LogP contribution is -2.32. The lowest BCUT2D eigenvalue weighted by molar-refractivity contribution is -0.120. The number of carbonyl (C=O) groups is 1. The molecule has 0 bridgehead atoms. The maximum absolute atomic E-state index is 12.3. The molecule has 1 amide bonds. The molecular formula is C18H27ClN4O2S2. The van der Waals surface area contributed by atoms with Crippen molar-refractivity contribution in [3.8, 4) is 0 Å². The Morgan fingerprint density at radius 2 is 2.00 bits per heavy atom. The summed E-state index contributed by atoms with van der Waals surface area (Å²) in [5.74, 6) is 2.35. The van der Waals surface area contributed by atoms with Gasteiger partial charge in [0.25, 0.3) is 0 Å². The Morgan fingerprint density at radius 3 is 2.63 bits per heavy atom. The first-order valence-corrected chi connectivity index (χ1v) is 10.7. The van der Waals surface area contributed by atoms with Gasteiger partial charge in [0.15, 0.2) is 5.13 Å². The van der Waals surface area contributed by atoms with E-state index in [9.17, 15) is 4.79 Å². The number of nitrogens with two attached hydrogens (primary N) is 1. The number of anilines is 1. The standard InChI is InChI=1S/C18H26N4O2S2.ClH/c1-18(2,3)13-8-20-14(24-13)10-25-15-9-21-17(26-15)22-16(23)11-4-6-12(19)7-5-11;/h8-9,11-12H,4-7,10,19H2,1-3H3,(H,21,22,23);1H/t11-,12-;. The summed E-state index contributed by atoms with van der Waals surface area (Å²) in [6, 6.07) is 0.246. The summed E-state index contributed by atoms with van der Waals surface area (Å²) in [4.78, 5) is 21.0. The average Bonchev–Trinajstić information content (AvgIpc) is 3.22. The number of nitrogens with one attached hydrogen (secondary N) is 1. The first-order chi connectivity index (χ1) is 12.3. The minimum atomic E-state index is -0.0408. The summed E-state index contributed by atoms with van der Waals surface area (Å²) in [5.41, 5.74) is 5.86. The molecule has 150 valence electrons. The van der Waals surface area contributed by atoms with E-state index in [1.54, 1.807) is 24.2 Å². The van der Waals surface area contributed by atoms with E-state index in [2.05, 4.69) is 36.1 Å². The predicted octanol–water partition coefficient (Wildman–Crippen LogP) is 4.60. The van der Waals surface area contributed by atoms with Crippen LogP contribution in [0.3, 0.4) is 0 Å². The van der Waals surface area contributed by atoms with E-state index >= 15 is 0 Å². The first-order valence-electron chi connectivity index (χ1n) is 8.91. The second kappa shape index (κ2) is 9.41. The number of nitrogens with zero attached hydrogens (tertiary/aromatic N) is 2. The van der Waals surface area contributed by atoms with Crippen LogP contribution in [0.2, 0.25) is 0 Å². The highest BCUT2D eigenvalue weighted by atomic mass is 35.5. The molecule has 2 aromatic heterocycles. The molecule has 9 heteroatoms. The van der Waals surface area contributed by atoms with Crippen LogP contribution < -0.4 is 11.1 Å². The fourth-order valence-corrected chi connectivity index (χ4v) is 4.56. The van der Waals surface area contributed by atoms with Crippen molar-refractivity contribution < 1.29 is 9.21 Å². The number of hydrogen-bond donors (Lipinski definition) is 2. The molecule has 27 heavy (non-hydrogen) atoms. The lowest BCUT2D eigenvalue weighted by atomic mass is 9.86. The fourth-order valence-electron chi connectivity index (χ4n) is 2.83. The van der Waals surface area contributed by atoms with Crippen molar-refractivity contribution in [2.75, 3.05) is 5.32 Å². The number of rotatable bonds is 5. The van der Waals surface area contributed by atoms with Crippen LogP contribution in [0.1, 0.15) is 58.1 Å². The summed E-state index contributed by atoms with van der Waals surface area (Å²) in [5, 5.41) is 3.59. The van der Waals surface area contributed by atoms with Crippen LogP contribution in [0.15, 0.2) is 21.0 Å². The minimum Gasteiger partial charge on any atom is -0.444 e. The van der Waals surface area contributed by atoms with Crippen LogP contribution in [0.25, 0.3) is 0 Å². The van der Waals surface area contributed by atoms with Gasteiger partial charge in [-0.25, -0.2) is 9.97 Å². The highest BCUT2D eigenvalue weighted by Gasteiger charge is 2.25. The third-order valence-electron chi connectivity index (χ3n) is 4.49. The van der Waals surface area contributed by atoms with E-state index in [0.717, 1.165) is 35.7 Å². The maximum atomic E-state index is 12.3. The Kier molecular flexibility index (Phi) is 7.73. The van der Waals surface area contributed by atoms with Gasteiger partial charge >= 0.3 is 0 Å². The molecule has 1 aliphatic carbocycles. The lowest BCUT2D eigenvalue weighted by Gasteiger charge is -2.24. The van der Waals surface area contributed by atoms with Crippen molar-refractivity contribution in [2.45, 2.75) is 67.9 Å². The van der Waals surface area contributed by atoms with E-state index in [1.807, 2.05) is 0 Å². The smallest absolute Gasteiger partial charge is 0.229 e. The number of oxazole rings is 1. The number of halogens is 1. The third kappa shape index (κ3) is 6.20. The first kappa shape index (κ1) is 22.2. The molecule has 0 atom stereocenters. The Morgan fingerprint density at radius 1 is 1.30 bits per heavy atom. The summed E-state index contributed by atoms with van der Waals surface area (Å²) >= 11 is 3.10. The Labute approximate surface area is 174 Å². The SMILES string of the molecule is CC(C)(C)c1cnc(CSc2cnc(NC(=O)[C@H]3CC[C@H](N)CC3)s2)o1.Cl. The Balaban J connectivity index is 0.00000261. The van der Waals surface area contributed by atoms with Gasteiger partial charge in [-0.3, -0.25) is 4.79 Å². The van der Waals surface area contributed by atoms with Crippen molar-refractivity contribution in [2.24, 2.45) is 11.7 Å². The van der Waals surface area contributed by atoms with Crippen molar-refractivity contribution in [1.82, 2.24) is 9.97 Å². The maximum Gasteiger partial charge on any atom is 0.229 e. The van der Waals surface area contributed by atoms with Gasteiger partial charge in [-0.15, -0.1) is 24.2 Å². The zero-order valence-electron chi connectivity index (χ0n) is 15.9. The molecule has 0 unspecified atom stereocenters. The van der Waals surface area contributed by atoms with Gasteiger partial charge in [0.2, 0.25) is 11.8 Å². The Hall–Kier alpha value is -1.09. The molecule has 0 spiro atoms. The molecular weight excluding hydrogens is 404 g/mol. The van der Waals surface area contributed by atoms with Gasteiger partial charge in [0, 0.05) is 17.4 Å². The second-order valence-electron chi connectivity index (χ2n) is 7.74. The molecule has 1 saturated carbocycles. The monoisotopic (exact) mass is 430 g/mol. The minimum absolute atomic E-state index is 0. The summed E-state index contributed by atoms with van der Waals surface area (Å²) in [7, 11) is 0. The largest absolute Gasteiger partial charge is 0.444 e. The van der Waals surface area contributed by atoms with Crippen LogP contribution >= 0.6 is 35.5 Å². The second-order valence-corrected chi connectivity index (χ2v) is 10.0. The van der Waals surface area contributed by atoms with Gasteiger partial charge in [-0.1, -0.05) is 32.1 Å². The zero-order valence-corrected chi connectivity index (χ0v) is 18.3. The molecule has 1 fully saturated rings. The van der Waals surface area contributed by atoms with Gasteiger partial charge in [0.05, 0.1) is 22.4 Å². The number of amides is 1. The van der Waals surface area contributed by atoms with Crippen LogP contribution in [-0.4, -0.2) is 21.9 Å². The molecule has 6 nitrogen and oxygen atoms in total. The van der Waals surface area contributed by atoms with E-state index < -0.39 is 0 Å². The fraction of sp³-hybridized carbons (Fsp3) is 0.611. The molecule has 0 saturated heterocycles. The van der Waals surface area contributed by atoms with Crippen molar-refractivity contribution in [3.05, 3.63) is 24.0 Å². The van der Waals surface area contributed by atoms with Gasteiger partial charge in [-0.2, -0.15) is 0 Å².